The van der Waals surface area contributed by atoms with Gasteiger partial charge >= 0.3 is 0 Å². The molecule has 1 spiro atoms. The fourth-order valence-electron chi connectivity index (χ4n) is 1.83. The molecule has 2 atom stereocenters. The molecule has 0 amide bonds. The van der Waals surface area contributed by atoms with Gasteiger partial charge in [0.1, 0.15) is 0 Å². The second kappa shape index (κ2) is 2.40. The molecule has 2 heterocycles. The smallest absolute Gasteiger partial charge is 0.0742 e. The van der Waals surface area contributed by atoms with Gasteiger partial charge in [0.15, 0.2) is 0 Å². The minimum Gasteiger partial charge on any atom is -0.391 e. The van der Waals surface area contributed by atoms with Gasteiger partial charge in [0, 0.05) is 5.75 Å². The predicted octanol–water partition coefficient (Wildman–Crippen LogP) is 0.216. The molecule has 0 radical (unpaired) electrons. The van der Waals surface area contributed by atoms with Gasteiger partial charge in [-0.25, -0.2) is 0 Å². The van der Waals surface area contributed by atoms with E-state index in [1.165, 1.54) is 5.75 Å². The molecule has 0 bridgehead atoms. The zero-order valence-electron chi connectivity index (χ0n) is 5.97. The van der Waals surface area contributed by atoms with Gasteiger partial charge in [0.2, 0.25) is 0 Å². The van der Waals surface area contributed by atoms with Crippen LogP contribution in [0, 0.1) is 0 Å². The topological polar surface area (TPSA) is 32.3 Å². The zero-order valence-corrected chi connectivity index (χ0v) is 6.78. The van der Waals surface area contributed by atoms with Gasteiger partial charge in [0.05, 0.1) is 11.6 Å². The molecule has 2 N–H and O–H groups in total. The Labute approximate surface area is 65.4 Å². The van der Waals surface area contributed by atoms with E-state index in [1.807, 2.05) is 11.8 Å². The number of nitrogens with one attached hydrogen (secondary N) is 1. The average molecular weight is 159 g/mol. The summed E-state index contributed by atoms with van der Waals surface area (Å²) in [4.78, 5) is 0. The minimum absolute atomic E-state index is 0.0810. The summed E-state index contributed by atoms with van der Waals surface area (Å²) < 4.78 is 0. The van der Waals surface area contributed by atoms with Crippen molar-refractivity contribution in [3.05, 3.63) is 0 Å². The first-order valence-corrected chi connectivity index (χ1v) is 5.00. The Morgan fingerprint density at radius 2 is 2.50 bits per heavy atom. The fourth-order valence-corrected chi connectivity index (χ4v) is 3.29. The van der Waals surface area contributed by atoms with E-state index in [4.69, 9.17) is 0 Å². The highest BCUT2D eigenvalue weighted by molar-refractivity contribution is 7.99. The van der Waals surface area contributed by atoms with E-state index in [0.717, 1.165) is 25.1 Å². The Hall–Kier alpha value is 0.270. The lowest BCUT2D eigenvalue weighted by molar-refractivity contribution is 0.112. The Morgan fingerprint density at radius 1 is 1.60 bits per heavy atom. The molecule has 0 aliphatic carbocycles. The zero-order chi connectivity index (χ0) is 7.03. The summed E-state index contributed by atoms with van der Waals surface area (Å²) in [7, 11) is 0. The molecule has 3 heteroatoms. The van der Waals surface area contributed by atoms with Crippen molar-refractivity contribution in [3.8, 4) is 0 Å². The van der Waals surface area contributed by atoms with Gasteiger partial charge < -0.3 is 10.4 Å². The van der Waals surface area contributed by atoms with Gasteiger partial charge in [-0.05, 0) is 25.1 Å². The molecular weight excluding hydrogens is 146 g/mol. The molecule has 2 aliphatic heterocycles. The second-order valence-electron chi connectivity index (χ2n) is 3.19. The molecule has 58 valence electrons. The monoisotopic (exact) mass is 159 g/mol. The second-order valence-corrected chi connectivity index (χ2v) is 4.30. The third-order valence-electron chi connectivity index (χ3n) is 2.58. The first kappa shape index (κ1) is 6.95. The Balaban J connectivity index is 2.11. The van der Waals surface area contributed by atoms with Crippen LogP contribution < -0.4 is 5.32 Å². The highest BCUT2D eigenvalue weighted by Crippen LogP contribution is 2.34. The van der Waals surface area contributed by atoms with E-state index in [-0.39, 0.29) is 11.6 Å². The fraction of sp³-hybridized carbons (Fsp3) is 1.00. The van der Waals surface area contributed by atoms with Crippen LogP contribution in [0.3, 0.4) is 0 Å². The molecule has 10 heavy (non-hydrogen) atoms. The highest BCUT2D eigenvalue weighted by Gasteiger charge is 2.43. The standard InChI is InChI=1S/C7H13NOS/c9-6-1-3-8-7(6)2-4-10-5-7/h6,8-9H,1-5H2/t6-,7-/m1/s1. The van der Waals surface area contributed by atoms with Crippen LogP contribution in [-0.4, -0.2) is 34.8 Å². The normalized spacial score (nSPS) is 47.1. The first-order valence-electron chi connectivity index (χ1n) is 3.84. The quantitative estimate of drug-likeness (QED) is 0.530. The van der Waals surface area contributed by atoms with Gasteiger partial charge in [-0.15, -0.1) is 0 Å². The molecule has 0 aromatic heterocycles. The van der Waals surface area contributed by atoms with Crippen LogP contribution in [0.2, 0.25) is 0 Å². The van der Waals surface area contributed by atoms with E-state index >= 15 is 0 Å². The lowest BCUT2D eigenvalue weighted by Gasteiger charge is -2.26. The van der Waals surface area contributed by atoms with Crippen LogP contribution in [0.1, 0.15) is 12.8 Å². The molecule has 0 aromatic carbocycles. The third-order valence-corrected chi connectivity index (χ3v) is 3.80. The van der Waals surface area contributed by atoms with Crippen LogP contribution in [0.5, 0.6) is 0 Å². The summed E-state index contributed by atoms with van der Waals surface area (Å²) >= 11 is 1.95. The summed E-state index contributed by atoms with van der Waals surface area (Å²) in [6.07, 6.45) is 2.02. The molecule has 2 nitrogen and oxygen atoms in total. The summed E-state index contributed by atoms with van der Waals surface area (Å²) in [5.74, 6) is 2.32. The van der Waals surface area contributed by atoms with Crippen molar-refractivity contribution in [1.29, 1.82) is 0 Å². The minimum atomic E-state index is -0.0810. The molecule has 2 saturated heterocycles. The van der Waals surface area contributed by atoms with Crippen molar-refractivity contribution in [3.63, 3.8) is 0 Å². The van der Waals surface area contributed by atoms with E-state index in [2.05, 4.69) is 5.32 Å². The molecule has 0 saturated carbocycles. The number of hydrogen-bond acceptors (Lipinski definition) is 3. The number of thioether (sulfide) groups is 1. The van der Waals surface area contributed by atoms with Crippen molar-refractivity contribution in [2.45, 2.75) is 24.5 Å². The summed E-state index contributed by atoms with van der Waals surface area (Å²) in [6, 6.07) is 0. The van der Waals surface area contributed by atoms with Gasteiger partial charge in [0.25, 0.3) is 0 Å². The van der Waals surface area contributed by atoms with Crippen molar-refractivity contribution in [1.82, 2.24) is 5.32 Å². The number of rotatable bonds is 0. The molecule has 0 aromatic rings. The summed E-state index contributed by atoms with van der Waals surface area (Å²) in [6.45, 7) is 1.00. The maximum absolute atomic E-state index is 9.60. The van der Waals surface area contributed by atoms with E-state index in [9.17, 15) is 5.11 Å². The first-order chi connectivity index (χ1) is 4.83. The van der Waals surface area contributed by atoms with Gasteiger partial charge in [-0.1, -0.05) is 0 Å². The van der Waals surface area contributed by atoms with Crippen LogP contribution in [0.25, 0.3) is 0 Å². The third kappa shape index (κ3) is 0.881. The number of aliphatic hydroxyl groups is 1. The maximum Gasteiger partial charge on any atom is 0.0742 e. The van der Waals surface area contributed by atoms with Crippen LogP contribution in [0.15, 0.2) is 0 Å². The van der Waals surface area contributed by atoms with Crippen LogP contribution in [0.4, 0.5) is 0 Å². The van der Waals surface area contributed by atoms with Crippen molar-refractivity contribution in [2.75, 3.05) is 18.1 Å². The molecular formula is C7H13NOS. The largest absolute Gasteiger partial charge is 0.391 e. The van der Waals surface area contributed by atoms with E-state index in [1.54, 1.807) is 0 Å². The molecule has 0 unspecified atom stereocenters. The van der Waals surface area contributed by atoms with E-state index < -0.39 is 0 Å². The lowest BCUT2D eigenvalue weighted by atomic mass is 9.94. The molecule has 2 fully saturated rings. The lowest BCUT2D eigenvalue weighted by Crippen LogP contribution is -2.47. The van der Waals surface area contributed by atoms with Gasteiger partial charge in [-0.2, -0.15) is 11.8 Å². The summed E-state index contributed by atoms with van der Waals surface area (Å²) in [5, 5.41) is 13.0. The highest BCUT2D eigenvalue weighted by atomic mass is 32.2. The number of hydrogen-bond donors (Lipinski definition) is 2. The maximum atomic E-state index is 9.60. The molecule has 2 rings (SSSR count). The van der Waals surface area contributed by atoms with Crippen molar-refractivity contribution in [2.24, 2.45) is 0 Å². The Bertz CT molecular complexity index is 128. The summed E-state index contributed by atoms with van der Waals surface area (Å²) in [5.41, 5.74) is 0.116. The molecule has 2 aliphatic rings. The van der Waals surface area contributed by atoms with Crippen molar-refractivity contribution >= 4 is 11.8 Å². The van der Waals surface area contributed by atoms with Crippen molar-refractivity contribution < 1.29 is 5.11 Å². The SMILES string of the molecule is O[C@@H]1CCN[C@@]12CCSC2. The van der Waals surface area contributed by atoms with Crippen LogP contribution in [-0.2, 0) is 0 Å². The Morgan fingerprint density at radius 3 is 3.00 bits per heavy atom. The predicted molar refractivity (Wildman–Crippen MR) is 43.3 cm³/mol. The Kier molecular flexibility index (Phi) is 1.66. The van der Waals surface area contributed by atoms with Crippen LogP contribution >= 0.6 is 11.8 Å². The average Bonchev–Trinajstić information content (AvgIpc) is 2.48. The van der Waals surface area contributed by atoms with Gasteiger partial charge in [-0.3, -0.25) is 0 Å². The van der Waals surface area contributed by atoms with E-state index in [0.29, 0.717) is 0 Å². The number of aliphatic hydroxyl groups excluding tert-OH is 1.